The molecule has 3 atom stereocenters. The number of ether oxygens (including phenoxy) is 1. The minimum absolute atomic E-state index is 0.472. The Balaban J connectivity index is 2.03. The Morgan fingerprint density at radius 1 is 1.31 bits per heavy atom. The highest BCUT2D eigenvalue weighted by atomic mass is 32.2. The van der Waals surface area contributed by atoms with Gasteiger partial charge in [0.1, 0.15) is 0 Å². The molecule has 3 unspecified atom stereocenters. The van der Waals surface area contributed by atoms with E-state index < -0.39 is 0 Å². The molecule has 0 aromatic rings. The molecule has 0 bridgehead atoms. The van der Waals surface area contributed by atoms with Crippen LogP contribution in [0.25, 0.3) is 0 Å². The molecule has 0 saturated carbocycles. The van der Waals surface area contributed by atoms with Crippen molar-refractivity contribution in [3.05, 3.63) is 0 Å². The van der Waals surface area contributed by atoms with Crippen molar-refractivity contribution in [1.29, 1.82) is 0 Å². The van der Waals surface area contributed by atoms with Crippen LogP contribution >= 0.6 is 11.8 Å². The molecule has 0 amide bonds. The van der Waals surface area contributed by atoms with Crippen molar-refractivity contribution in [2.24, 2.45) is 5.92 Å². The van der Waals surface area contributed by atoms with Crippen molar-refractivity contribution in [2.45, 2.75) is 57.1 Å². The number of hydrogen-bond donors (Lipinski definition) is 1. The third-order valence-electron chi connectivity index (χ3n) is 3.21. The van der Waals surface area contributed by atoms with Gasteiger partial charge in [0.25, 0.3) is 0 Å². The second kappa shape index (κ2) is 7.57. The summed E-state index contributed by atoms with van der Waals surface area (Å²) in [6, 6.07) is 0. The molecule has 0 spiro atoms. The third-order valence-corrected chi connectivity index (χ3v) is 4.82. The van der Waals surface area contributed by atoms with Gasteiger partial charge in [0.15, 0.2) is 0 Å². The number of thioether (sulfide) groups is 1. The zero-order chi connectivity index (χ0) is 12.0. The van der Waals surface area contributed by atoms with Gasteiger partial charge in [0.05, 0.1) is 6.10 Å². The van der Waals surface area contributed by atoms with E-state index in [0.717, 1.165) is 30.9 Å². The molecule has 1 aliphatic heterocycles. The molecule has 1 aliphatic rings. The van der Waals surface area contributed by atoms with Crippen LogP contribution < -0.4 is 5.32 Å². The van der Waals surface area contributed by atoms with E-state index in [2.05, 4.69) is 44.8 Å². The summed E-state index contributed by atoms with van der Waals surface area (Å²) in [5.74, 6) is 0.769. The van der Waals surface area contributed by atoms with Gasteiger partial charge in [0.2, 0.25) is 0 Å². The first-order valence-electron chi connectivity index (χ1n) is 6.57. The third kappa shape index (κ3) is 5.55. The minimum atomic E-state index is 0.472. The van der Waals surface area contributed by atoms with Crippen molar-refractivity contribution in [1.82, 2.24) is 5.32 Å². The molecule has 16 heavy (non-hydrogen) atoms. The number of rotatable bonds is 7. The first-order chi connectivity index (χ1) is 7.59. The Labute approximate surface area is 105 Å². The second-order valence-corrected chi connectivity index (χ2v) is 7.01. The second-order valence-electron chi connectivity index (χ2n) is 5.19. The van der Waals surface area contributed by atoms with E-state index in [-0.39, 0.29) is 0 Å². The standard InChI is InChI=1S/C13H27NOS/c1-10(2)12(4)16-11(3)8-14-9-13-6-5-7-15-13/h10-14H,5-9H2,1-4H3. The maximum Gasteiger partial charge on any atom is 0.0700 e. The van der Waals surface area contributed by atoms with Crippen molar-refractivity contribution >= 4 is 11.8 Å². The molecule has 0 aliphatic carbocycles. The fourth-order valence-electron chi connectivity index (χ4n) is 1.82. The van der Waals surface area contributed by atoms with Crippen LogP contribution in [0.3, 0.4) is 0 Å². The summed E-state index contributed by atoms with van der Waals surface area (Å²) in [5.41, 5.74) is 0. The van der Waals surface area contributed by atoms with Crippen molar-refractivity contribution in [2.75, 3.05) is 19.7 Å². The van der Waals surface area contributed by atoms with Crippen LogP contribution in [0.4, 0.5) is 0 Å². The topological polar surface area (TPSA) is 21.3 Å². The summed E-state index contributed by atoms with van der Waals surface area (Å²) in [7, 11) is 0. The van der Waals surface area contributed by atoms with Crippen molar-refractivity contribution in [3.8, 4) is 0 Å². The molecular weight excluding hydrogens is 218 g/mol. The number of hydrogen-bond acceptors (Lipinski definition) is 3. The van der Waals surface area contributed by atoms with Gasteiger partial charge in [-0.05, 0) is 18.8 Å². The lowest BCUT2D eigenvalue weighted by Crippen LogP contribution is -2.31. The number of nitrogens with one attached hydrogen (secondary N) is 1. The molecule has 0 radical (unpaired) electrons. The Bertz CT molecular complexity index is 181. The van der Waals surface area contributed by atoms with Crippen LogP contribution in [-0.2, 0) is 4.74 Å². The van der Waals surface area contributed by atoms with E-state index in [1.54, 1.807) is 0 Å². The monoisotopic (exact) mass is 245 g/mol. The molecule has 0 aromatic carbocycles. The summed E-state index contributed by atoms with van der Waals surface area (Å²) in [5, 5.41) is 4.97. The van der Waals surface area contributed by atoms with Gasteiger partial charge in [-0.15, -0.1) is 0 Å². The van der Waals surface area contributed by atoms with Gasteiger partial charge in [0, 0.05) is 30.2 Å². The molecule has 1 N–H and O–H groups in total. The van der Waals surface area contributed by atoms with Crippen molar-refractivity contribution in [3.63, 3.8) is 0 Å². The first-order valence-corrected chi connectivity index (χ1v) is 7.51. The summed E-state index contributed by atoms with van der Waals surface area (Å²) in [4.78, 5) is 0. The van der Waals surface area contributed by atoms with Gasteiger partial charge < -0.3 is 10.1 Å². The molecule has 2 nitrogen and oxygen atoms in total. The predicted octanol–water partition coefficient (Wildman–Crippen LogP) is 2.92. The van der Waals surface area contributed by atoms with Crippen LogP contribution in [0.2, 0.25) is 0 Å². The zero-order valence-electron chi connectivity index (χ0n) is 11.2. The first kappa shape index (κ1) is 14.3. The molecule has 1 fully saturated rings. The molecule has 1 saturated heterocycles. The van der Waals surface area contributed by atoms with Gasteiger partial charge in [-0.25, -0.2) is 0 Å². The maximum atomic E-state index is 5.58. The Morgan fingerprint density at radius 3 is 2.62 bits per heavy atom. The van der Waals surface area contributed by atoms with E-state index in [0.29, 0.717) is 11.4 Å². The fraction of sp³-hybridized carbons (Fsp3) is 1.00. The SMILES string of the molecule is CC(CNCC1CCCO1)SC(C)C(C)C. The Hall–Kier alpha value is 0.270. The van der Waals surface area contributed by atoms with Gasteiger partial charge in [-0.2, -0.15) is 11.8 Å². The lowest BCUT2D eigenvalue weighted by molar-refractivity contribution is 0.110. The quantitative estimate of drug-likeness (QED) is 0.745. The van der Waals surface area contributed by atoms with E-state index >= 15 is 0 Å². The van der Waals surface area contributed by atoms with Gasteiger partial charge in [-0.1, -0.05) is 27.7 Å². The van der Waals surface area contributed by atoms with Crippen LogP contribution in [0.15, 0.2) is 0 Å². The average Bonchev–Trinajstić information content (AvgIpc) is 2.70. The van der Waals surface area contributed by atoms with Crippen LogP contribution in [0, 0.1) is 5.92 Å². The summed E-state index contributed by atoms with van der Waals surface area (Å²) in [6.45, 7) is 12.3. The molecule has 96 valence electrons. The summed E-state index contributed by atoms with van der Waals surface area (Å²) >= 11 is 2.09. The Kier molecular flexibility index (Phi) is 6.78. The lowest BCUT2D eigenvalue weighted by atomic mass is 10.2. The summed E-state index contributed by atoms with van der Waals surface area (Å²) < 4.78 is 5.58. The molecule has 0 aromatic heterocycles. The van der Waals surface area contributed by atoms with E-state index in [1.807, 2.05) is 0 Å². The molecule has 3 heteroatoms. The van der Waals surface area contributed by atoms with E-state index in [1.165, 1.54) is 12.8 Å². The van der Waals surface area contributed by atoms with Crippen LogP contribution in [0.5, 0.6) is 0 Å². The highest BCUT2D eigenvalue weighted by Crippen LogP contribution is 2.23. The predicted molar refractivity (Wildman–Crippen MR) is 73.2 cm³/mol. The van der Waals surface area contributed by atoms with Gasteiger partial charge >= 0.3 is 0 Å². The highest BCUT2D eigenvalue weighted by molar-refractivity contribution is 8.00. The molecular formula is C13H27NOS. The molecule has 1 heterocycles. The Morgan fingerprint density at radius 2 is 2.06 bits per heavy atom. The van der Waals surface area contributed by atoms with Crippen molar-refractivity contribution < 1.29 is 4.74 Å². The fourth-order valence-corrected chi connectivity index (χ4v) is 3.09. The van der Waals surface area contributed by atoms with Gasteiger partial charge in [-0.3, -0.25) is 0 Å². The van der Waals surface area contributed by atoms with Crippen LogP contribution in [-0.4, -0.2) is 36.3 Å². The van der Waals surface area contributed by atoms with Crippen LogP contribution in [0.1, 0.15) is 40.5 Å². The van der Waals surface area contributed by atoms with E-state index in [9.17, 15) is 0 Å². The highest BCUT2D eigenvalue weighted by Gasteiger charge is 2.16. The largest absolute Gasteiger partial charge is 0.377 e. The average molecular weight is 245 g/mol. The molecule has 1 rings (SSSR count). The lowest BCUT2D eigenvalue weighted by Gasteiger charge is -2.21. The maximum absolute atomic E-state index is 5.58. The normalized spacial score (nSPS) is 24.9. The zero-order valence-corrected chi connectivity index (χ0v) is 12.0. The van der Waals surface area contributed by atoms with E-state index in [4.69, 9.17) is 4.74 Å². The smallest absolute Gasteiger partial charge is 0.0700 e. The minimum Gasteiger partial charge on any atom is -0.377 e. The summed E-state index contributed by atoms with van der Waals surface area (Å²) in [6.07, 6.45) is 2.94.